The Labute approximate surface area is 112 Å². The summed E-state index contributed by atoms with van der Waals surface area (Å²) >= 11 is 0. The lowest BCUT2D eigenvalue weighted by Crippen LogP contribution is -2.47. The molecule has 1 aromatic rings. The van der Waals surface area contributed by atoms with Gasteiger partial charge in [-0.05, 0) is 31.0 Å². The first kappa shape index (κ1) is 13.5. The normalized spacial score (nSPS) is 18.9. The van der Waals surface area contributed by atoms with E-state index in [9.17, 15) is 9.59 Å². The Kier molecular flexibility index (Phi) is 4.16. The van der Waals surface area contributed by atoms with E-state index in [2.05, 4.69) is 5.32 Å². The first-order chi connectivity index (χ1) is 9.13. The Morgan fingerprint density at radius 3 is 2.89 bits per heavy atom. The molecule has 1 unspecified atom stereocenters. The number of nitrogens with zero attached hydrogens (tertiary/aromatic N) is 1. The third-order valence-electron chi connectivity index (χ3n) is 3.29. The molecule has 0 saturated carbocycles. The molecule has 0 saturated heterocycles. The van der Waals surface area contributed by atoms with Gasteiger partial charge in [-0.15, -0.1) is 0 Å². The number of benzene rings is 1. The average molecular weight is 262 g/mol. The zero-order valence-corrected chi connectivity index (χ0v) is 10.9. The van der Waals surface area contributed by atoms with E-state index in [0.717, 1.165) is 17.7 Å². The smallest absolute Gasteiger partial charge is 0.323 e. The number of amides is 1. The summed E-state index contributed by atoms with van der Waals surface area (Å²) in [5, 5.41) is 12.1. The molecule has 0 aromatic heterocycles. The van der Waals surface area contributed by atoms with Gasteiger partial charge in [0.25, 0.3) is 0 Å². The molecule has 0 bridgehead atoms. The monoisotopic (exact) mass is 262 g/mol. The second-order valence-electron chi connectivity index (χ2n) is 4.60. The topological polar surface area (TPSA) is 69.6 Å². The molecule has 102 valence electrons. The standard InChI is InChI=1S/C14H18N2O3/c1-2-15-11-8-7-10-5-3-4-6-12(10)16(14(11)19)9-13(17)18/h3-6,11,15H,2,7-9H2,1H3,(H,17,18). The van der Waals surface area contributed by atoms with Crippen LogP contribution in [-0.2, 0) is 16.0 Å². The molecule has 2 N–H and O–H groups in total. The van der Waals surface area contributed by atoms with Crippen molar-refractivity contribution in [3.8, 4) is 0 Å². The largest absolute Gasteiger partial charge is 0.480 e. The maximum atomic E-state index is 12.4. The van der Waals surface area contributed by atoms with Crippen LogP contribution in [0.5, 0.6) is 0 Å². The van der Waals surface area contributed by atoms with Crippen molar-refractivity contribution in [1.82, 2.24) is 5.32 Å². The fourth-order valence-corrected chi connectivity index (χ4v) is 2.45. The Balaban J connectivity index is 2.37. The van der Waals surface area contributed by atoms with Crippen molar-refractivity contribution < 1.29 is 14.7 Å². The van der Waals surface area contributed by atoms with Crippen molar-refractivity contribution in [3.63, 3.8) is 0 Å². The number of aryl methyl sites for hydroxylation is 1. The highest BCUT2D eigenvalue weighted by Gasteiger charge is 2.30. The molecule has 5 heteroatoms. The van der Waals surface area contributed by atoms with Crippen LogP contribution in [0.3, 0.4) is 0 Å². The molecule has 0 spiro atoms. The first-order valence-electron chi connectivity index (χ1n) is 6.48. The number of fused-ring (bicyclic) bond motifs is 1. The van der Waals surface area contributed by atoms with Gasteiger partial charge in [-0.3, -0.25) is 14.5 Å². The van der Waals surface area contributed by atoms with Crippen molar-refractivity contribution in [3.05, 3.63) is 29.8 Å². The summed E-state index contributed by atoms with van der Waals surface area (Å²) in [6.07, 6.45) is 1.47. The van der Waals surface area contributed by atoms with Gasteiger partial charge in [-0.25, -0.2) is 0 Å². The van der Waals surface area contributed by atoms with Crippen molar-refractivity contribution in [2.75, 3.05) is 18.0 Å². The van der Waals surface area contributed by atoms with Crippen LogP contribution in [-0.4, -0.2) is 36.1 Å². The van der Waals surface area contributed by atoms with Gasteiger partial charge in [-0.1, -0.05) is 25.1 Å². The van der Waals surface area contributed by atoms with Crippen LogP contribution >= 0.6 is 0 Å². The lowest BCUT2D eigenvalue weighted by molar-refractivity contribution is -0.136. The van der Waals surface area contributed by atoms with Gasteiger partial charge in [0.2, 0.25) is 5.91 Å². The molecule has 1 atom stereocenters. The highest BCUT2D eigenvalue weighted by atomic mass is 16.4. The van der Waals surface area contributed by atoms with Crippen LogP contribution in [0.4, 0.5) is 5.69 Å². The van der Waals surface area contributed by atoms with Crippen LogP contribution in [0.15, 0.2) is 24.3 Å². The van der Waals surface area contributed by atoms with Crippen LogP contribution in [0.2, 0.25) is 0 Å². The molecule has 0 fully saturated rings. The zero-order chi connectivity index (χ0) is 13.8. The molecule has 1 aliphatic rings. The van der Waals surface area contributed by atoms with E-state index in [-0.39, 0.29) is 18.5 Å². The second-order valence-corrected chi connectivity index (χ2v) is 4.60. The Morgan fingerprint density at radius 2 is 2.21 bits per heavy atom. The number of hydrogen-bond donors (Lipinski definition) is 2. The fourth-order valence-electron chi connectivity index (χ4n) is 2.45. The fraction of sp³-hybridized carbons (Fsp3) is 0.429. The zero-order valence-electron chi connectivity index (χ0n) is 10.9. The van der Waals surface area contributed by atoms with Crippen molar-refractivity contribution in [2.45, 2.75) is 25.8 Å². The Morgan fingerprint density at radius 1 is 1.47 bits per heavy atom. The van der Waals surface area contributed by atoms with Gasteiger partial charge in [-0.2, -0.15) is 0 Å². The van der Waals surface area contributed by atoms with Gasteiger partial charge >= 0.3 is 5.97 Å². The number of carboxylic acid groups (broad SMARTS) is 1. The minimum Gasteiger partial charge on any atom is -0.480 e. The number of anilines is 1. The van der Waals surface area contributed by atoms with E-state index in [1.54, 1.807) is 0 Å². The minimum absolute atomic E-state index is 0.158. The number of hydrogen-bond acceptors (Lipinski definition) is 3. The highest BCUT2D eigenvalue weighted by molar-refractivity contribution is 6.01. The van der Waals surface area contributed by atoms with Gasteiger partial charge in [0.05, 0.1) is 6.04 Å². The molecular weight excluding hydrogens is 244 g/mol. The summed E-state index contributed by atoms with van der Waals surface area (Å²) in [5.41, 5.74) is 1.74. The van der Waals surface area contributed by atoms with Crippen molar-refractivity contribution >= 4 is 17.6 Å². The lowest BCUT2D eigenvalue weighted by atomic mass is 10.1. The number of rotatable bonds is 4. The van der Waals surface area contributed by atoms with Crippen LogP contribution < -0.4 is 10.2 Å². The molecule has 2 rings (SSSR count). The van der Waals surface area contributed by atoms with E-state index in [1.807, 2.05) is 31.2 Å². The van der Waals surface area contributed by atoms with E-state index in [4.69, 9.17) is 5.11 Å². The molecule has 19 heavy (non-hydrogen) atoms. The lowest BCUT2D eigenvalue weighted by Gasteiger charge is -2.24. The Hall–Kier alpha value is -1.88. The van der Waals surface area contributed by atoms with E-state index in [1.165, 1.54) is 4.90 Å². The minimum atomic E-state index is -1.000. The molecule has 5 nitrogen and oxygen atoms in total. The Bertz CT molecular complexity index is 487. The van der Waals surface area contributed by atoms with E-state index in [0.29, 0.717) is 13.0 Å². The quantitative estimate of drug-likeness (QED) is 0.850. The van der Waals surface area contributed by atoms with E-state index < -0.39 is 5.97 Å². The van der Waals surface area contributed by atoms with Gasteiger partial charge < -0.3 is 10.4 Å². The van der Waals surface area contributed by atoms with Crippen LogP contribution in [0, 0.1) is 0 Å². The maximum Gasteiger partial charge on any atom is 0.323 e. The summed E-state index contributed by atoms with van der Waals surface area (Å²) in [6, 6.07) is 7.19. The van der Waals surface area contributed by atoms with Crippen molar-refractivity contribution in [1.29, 1.82) is 0 Å². The summed E-state index contributed by atoms with van der Waals surface area (Å²) in [5.74, 6) is -1.16. The van der Waals surface area contributed by atoms with Crippen LogP contribution in [0.25, 0.3) is 0 Å². The molecule has 1 amide bonds. The first-order valence-corrected chi connectivity index (χ1v) is 6.48. The third-order valence-corrected chi connectivity index (χ3v) is 3.29. The molecule has 0 aliphatic carbocycles. The summed E-state index contributed by atoms with van der Waals surface area (Å²) < 4.78 is 0. The SMILES string of the molecule is CCNC1CCc2ccccc2N(CC(=O)O)C1=O. The number of nitrogens with one attached hydrogen (secondary N) is 1. The average Bonchev–Trinajstić information content (AvgIpc) is 2.51. The number of aliphatic carboxylic acids is 1. The predicted molar refractivity (Wildman–Crippen MR) is 72.2 cm³/mol. The van der Waals surface area contributed by atoms with Gasteiger partial charge in [0, 0.05) is 5.69 Å². The number of para-hydroxylation sites is 1. The number of carbonyl (C=O) groups is 2. The molecule has 1 heterocycles. The van der Waals surface area contributed by atoms with E-state index >= 15 is 0 Å². The van der Waals surface area contributed by atoms with Crippen LogP contribution in [0.1, 0.15) is 18.9 Å². The molecule has 1 aliphatic heterocycles. The second kappa shape index (κ2) is 5.84. The van der Waals surface area contributed by atoms with Gasteiger partial charge in [0.15, 0.2) is 0 Å². The summed E-state index contributed by atoms with van der Waals surface area (Å²) in [4.78, 5) is 24.8. The molecule has 1 aromatic carbocycles. The van der Waals surface area contributed by atoms with Gasteiger partial charge in [0.1, 0.15) is 6.54 Å². The maximum absolute atomic E-state index is 12.4. The summed E-state index contributed by atoms with van der Waals surface area (Å²) in [7, 11) is 0. The summed E-state index contributed by atoms with van der Waals surface area (Å²) in [6.45, 7) is 2.33. The molecule has 0 radical (unpaired) electrons. The van der Waals surface area contributed by atoms with Crippen molar-refractivity contribution in [2.24, 2.45) is 0 Å². The molecular formula is C14H18N2O3. The highest BCUT2D eigenvalue weighted by Crippen LogP contribution is 2.26. The number of carboxylic acids is 1. The number of likely N-dealkylation sites (N-methyl/N-ethyl adjacent to an activating group) is 1. The third kappa shape index (κ3) is 2.93. The predicted octanol–water partition coefficient (Wildman–Crippen LogP) is 1.03. The number of carbonyl (C=O) groups excluding carboxylic acids is 1.